The lowest BCUT2D eigenvalue weighted by molar-refractivity contribution is -0.119. The predicted octanol–water partition coefficient (Wildman–Crippen LogP) is 5.49. The minimum Gasteiger partial charge on any atom is -0.478 e. The van der Waals surface area contributed by atoms with Crippen molar-refractivity contribution in [3.05, 3.63) is 87.0 Å². The maximum absolute atomic E-state index is 13.0. The zero-order valence-electron chi connectivity index (χ0n) is 19.2. The largest absolute Gasteiger partial charge is 0.478 e. The van der Waals surface area contributed by atoms with Gasteiger partial charge in [-0.3, -0.25) is 4.79 Å². The van der Waals surface area contributed by atoms with Gasteiger partial charge in [-0.1, -0.05) is 62.4 Å². The highest BCUT2D eigenvalue weighted by Crippen LogP contribution is 2.44. The van der Waals surface area contributed by atoms with Crippen LogP contribution in [0.4, 0.5) is 10.5 Å². The Labute approximate surface area is 217 Å². The van der Waals surface area contributed by atoms with Crippen LogP contribution in [0.25, 0.3) is 11.1 Å². The Morgan fingerprint density at radius 2 is 1.57 bits per heavy atom. The molecule has 35 heavy (non-hydrogen) atoms. The number of carboxylic acids is 1. The second-order valence-corrected chi connectivity index (χ2v) is 9.92. The molecule has 3 N–H and O–H groups in total. The lowest BCUT2D eigenvalue weighted by Crippen LogP contribution is -2.47. The number of carbonyl (C=O) groups excluding carboxylic acids is 2. The smallest absolute Gasteiger partial charge is 0.407 e. The minimum absolute atomic E-state index is 0.0195. The number of amides is 2. The molecule has 2 amide bonds. The summed E-state index contributed by atoms with van der Waals surface area (Å²) in [7, 11) is 0. The monoisotopic (exact) mass is 584 g/mol. The molecule has 0 aromatic heterocycles. The van der Waals surface area contributed by atoms with Crippen LogP contribution in [0, 0.1) is 9.49 Å². The molecule has 0 saturated heterocycles. The van der Waals surface area contributed by atoms with E-state index in [4.69, 9.17) is 4.74 Å². The number of benzene rings is 3. The molecule has 1 atom stereocenters. The molecule has 0 aliphatic heterocycles. The Morgan fingerprint density at radius 3 is 2.14 bits per heavy atom. The van der Waals surface area contributed by atoms with Crippen LogP contribution in [0.5, 0.6) is 0 Å². The van der Waals surface area contributed by atoms with Crippen LogP contribution in [0.1, 0.15) is 41.3 Å². The summed E-state index contributed by atoms with van der Waals surface area (Å²) in [5.74, 6) is -2.02. The number of aromatic carboxylic acids is 1. The second kappa shape index (κ2) is 10.5. The van der Waals surface area contributed by atoms with Crippen molar-refractivity contribution in [1.82, 2.24) is 5.32 Å². The van der Waals surface area contributed by atoms with Gasteiger partial charge in [-0.2, -0.15) is 0 Å². The molecule has 0 radical (unpaired) electrons. The normalized spacial score (nSPS) is 13.0. The fourth-order valence-corrected chi connectivity index (χ4v) is 4.81. The summed E-state index contributed by atoms with van der Waals surface area (Å²) < 4.78 is 6.30. The Kier molecular flexibility index (Phi) is 7.39. The molecule has 1 aliphatic carbocycles. The number of nitrogens with one attached hydrogen (secondary N) is 2. The molecule has 0 spiro atoms. The first-order valence-corrected chi connectivity index (χ1v) is 12.3. The minimum atomic E-state index is -1.15. The number of alkyl carbamates (subject to hydrolysis) is 1. The molecule has 0 fully saturated rings. The lowest BCUT2D eigenvalue weighted by Gasteiger charge is -2.22. The highest BCUT2D eigenvalue weighted by Gasteiger charge is 2.30. The number of fused-ring (bicyclic) bond motifs is 3. The zero-order valence-corrected chi connectivity index (χ0v) is 21.4. The first-order chi connectivity index (χ1) is 16.8. The summed E-state index contributed by atoms with van der Waals surface area (Å²) in [6, 6.07) is 19.9. The van der Waals surface area contributed by atoms with Crippen LogP contribution in [0.3, 0.4) is 0 Å². The van der Waals surface area contributed by atoms with Crippen LogP contribution in [-0.2, 0) is 9.53 Å². The standard InChI is InChI=1S/C27H25IN2O5/c1-15(2)24(25(31)29-23-12-11-16(28)13-21(23)26(32)33)30-27(34)35-14-22-19-9-5-3-7-17(19)18-8-4-6-10-20(18)22/h3-13,15,22,24H,14H2,1-2H3,(H,29,31)(H,30,34)(H,32,33). The third-order valence-electron chi connectivity index (χ3n) is 6.04. The molecule has 8 heteroatoms. The maximum Gasteiger partial charge on any atom is 0.407 e. The van der Waals surface area contributed by atoms with Crippen molar-refractivity contribution in [2.45, 2.75) is 25.8 Å². The number of carboxylic acid groups (broad SMARTS) is 1. The summed E-state index contributed by atoms with van der Waals surface area (Å²) in [4.78, 5) is 37.2. The predicted molar refractivity (Wildman–Crippen MR) is 142 cm³/mol. The van der Waals surface area contributed by atoms with E-state index >= 15 is 0 Å². The fraction of sp³-hybridized carbons (Fsp3) is 0.222. The summed E-state index contributed by atoms with van der Waals surface area (Å²) in [5, 5.41) is 14.7. The van der Waals surface area contributed by atoms with Gasteiger partial charge in [0.2, 0.25) is 5.91 Å². The third-order valence-corrected chi connectivity index (χ3v) is 6.71. The molecule has 0 bridgehead atoms. The van der Waals surface area contributed by atoms with Crippen LogP contribution in [0.15, 0.2) is 66.7 Å². The summed E-state index contributed by atoms with van der Waals surface area (Å²) >= 11 is 2.01. The molecular formula is C27H25IN2O5. The molecular weight excluding hydrogens is 559 g/mol. The Hall–Kier alpha value is -3.40. The molecule has 0 saturated carbocycles. The van der Waals surface area contributed by atoms with Crippen molar-refractivity contribution in [3.63, 3.8) is 0 Å². The van der Waals surface area contributed by atoms with Gasteiger partial charge in [0.15, 0.2) is 0 Å². The third kappa shape index (κ3) is 5.32. The Balaban J connectivity index is 1.44. The number of carbonyl (C=O) groups is 3. The van der Waals surface area contributed by atoms with E-state index in [1.807, 2.05) is 59.0 Å². The summed E-state index contributed by atoms with van der Waals surface area (Å²) in [6.45, 7) is 3.71. The van der Waals surface area contributed by atoms with Gasteiger partial charge in [0.1, 0.15) is 12.6 Å². The molecule has 180 valence electrons. The molecule has 3 aromatic rings. The van der Waals surface area contributed by atoms with Gasteiger partial charge in [0, 0.05) is 9.49 Å². The van der Waals surface area contributed by atoms with Gasteiger partial charge in [-0.15, -0.1) is 0 Å². The topological polar surface area (TPSA) is 105 Å². The van der Waals surface area contributed by atoms with Gasteiger partial charge >= 0.3 is 12.1 Å². The van der Waals surface area contributed by atoms with Crippen molar-refractivity contribution in [3.8, 4) is 11.1 Å². The van der Waals surface area contributed by atoms with Gasteiger partial charge in [0.05, 0.1) is 11.3 Å². The molecule has 0 heterocycles. The number of rotatable bonds is 7. The van der Waals surface area contributed by atoms with Crippen molar-refractivity contribution >= 4 is 46.2 Å². The molecule has 4 rings (SSSR count). The van der Waals surface area contributed by atoms with E-state index in [-0.39, 0.29) is 29.7 Å². The van der Waals surface area contributed by atoms with E-state index in [1.54, 1.807) is 19.9 Å². The average molecular weight is 584 g/mol. The quantitative estimate of drug-likeness (QED) is 0.319. The maximum atomic E-state index is 13.0. The van der Waals surface area contributed by atoms with E-state index in [2.05, 4.69) is 22.8 Å². The van der Waals surface area contributed by atoms with E-state index < -0.39 is 24.0 Å². The number of anilines is 1. The van der Waals surface area contributed by atoms with Crippen LogP contribution in [-0.4, -0.2) is 35.7 Å². The second-order valence-electron chi connectivity index (χ2n) is 8.68. The SMILES string of the molecule is CC(C)C(NC(=O)OCC1c2ccccc2-c2ccccc21)C(=O)Nc1ccc(I)cc1C(=O)O. The highest BCUT2D eigenvalue weighted by molar-refractivity contribution is 14.1. The highest BCUT2D eigenvalue weighted by atomic mass is 127. The molecule has 7 nitrogen and oxygen atoms in total. The van der Waals surface area contributed by atoms with Gasteiger partial charge in [-0.05, 0) is 69.0 Å². The fourth-order valence-electron chi connectivity index (χ4n) is 4.31. The van der Waals surface area contributed by atoms with Crippen molar-refractivity contribution in [2.75, 3.05) is 11.9 Å². The van der Waals surface area contributed by atoms with Crippen LogP contribution >= 0.6 is 22.6 Å². The van der Waals surface area contributed by atoms with Gasteiger partial charge < -0.3 is 20.5 Å². The molecule has 1 aliphatic rings. The van der Waals surface area contributed by atoms with E-state index in [0.29, 0.717) is 0 Å². The van der Waals surface area contributed by atoms with Crippen LogP contribution < -0.4 is 10.6 Å². The molecule has 3 aromatic carbocycles. The first-order valence-electron chi connectivity index (χ1n) is 11.2. The van der Waals surface area contributed by atoms with E-state index in [1.165, 1.54) is 12.1 Å². The number of ether oxygens (including phenoxy) is 1. The van der Waals surface area contributed by atoms with E-state index in [0.717, 1.165) is 25.8 Å². The Morgan fingerprint density at radius 1 is 0.971 bits per heavy atom. The van der Waals surface area contributed by atoms with Crippen molar-refractivity contribution in [1.29, 1.82) is 0 Å². The first kappa shape index (κ1) is 24.7. The number of hydrogen-bond donors (Lipinski definition) is 3. The number of hydrogen-bond acceptors (Lipinski definition) is 4. The zero-order chi connectivity index (χ0) is 25.1. The van der Waals surface area contributed by atoms with Crippen molar-refractivity contribution in [2.24, 2.45) is 5.92 Å². The number of halogens is 1. The van der Waals surface area contributed by atoms with Gasteiger partial charge in [0.25, 0.3) is 0 Å². The van der Waals surface area contributed by atoms with E-state index in [9.17, 15) is 19.5 Å². The summed E-state index contributed by atoms with van der Waals surface area (Å²) in [5.41, 5.74) is 4.60. The lowest BCUT2D eigenvalue weighted by atomic mass is 9.98. The van der Waals surface area contributed by atoms with Gasteiger partial charge in [-0.25, -0.2) is 9.59 Å². The van der Waals surface area contributed by atoms with Crippen molar-refractivity contribution < 1.29 is 24.2 Å². The summed E-state index contributed by atoms with van der Waals surface area (Å²) in [6.07, 6.45) is -0.707. The average Bonchev–Trinajstić information content (AvgIpc) is 3.15. The Bertz CT molecular complexity index is 1240. The van der Waals surface area contributed by atoms with Crippen LogP contribution in [0.2, 0.25) is 0 Å². The molecule has 1 unspecified atom stereocenters.